The number of rotatable bonds is 0. The van der Waals surface area contributed by atoms with Gasteiger partial charge in [0.05, 0.1) is 0 Å². The minimum atomic E-state index is -0.826. The van der Waals surface area contributed by atoms with Crippen LogP contribution in [0.25, 0.3) is 0 Å². The van der Waals surface area contributed by atoms with Gasteiger partial charge in [-0.05, 0) is 11.3 Å². The van der Waals surface area contributed by atoms with Crippen LogP contribution in [-0.4, -0.2) is 15.4 Å². The molecular weight excluding hydrogens is 427 g/mol. The molecule has 2 fully saturated rings. The number of hydrogen-bond acceptors (Lipinski definition) is 0. The normalized spacial score (nSPS) is 17.8. The van der Waals surface area contributed by atoms with Crippen LogP contribution in [0.1, 0.15) is 20.8 Å². The van der Waals surface area contributed by atoms with Crippen molar-refractivity contribution >= 4 is 32.5 Å². The minimum absolute atomic E-state index is 0.292. The van der Waals surface area contributed by atoms with E-state index in [2.05, 4.69) is 51.5 Å². The molecule has 12 radical (unpaired) electrons. The van der Waals surface area contributed by atoms with Crippen molar-refractivity contribution in [3.63, 3.8) is 0 Å². The average molecular weight is 449 g/mol. The second-order valence-electron chi connectivity index (χ2n) is 4.81. The van der Waals surface area contributed by atoms with Gasteiger partial charge in [-0.25, -0.2) is 25.7 Å². The van der Waals surface area contributed by atoms with Gasteiger partial charge < -0.3 is 12.8 Å². The summed E-state index contributed by atoms with van der Waals surface area (Å²) in [6, 6.07) is 0. The van der Waals surface area contributed by atoms with Gasteiger partial charge in [0.1, 0.15) is 0 Å². The summed E-state index contributed by atoms with van der Waals surface area (Å²) in [4.78, 5) is 0. The van der Waals surface area contributed by atoms with Crippen LogP contribution < -0.4 is 0 Å². The van der Waals surface area contributed by atoms with E-state index in [1.807, 2.05) is 38.5 Å². The Balaban J connectivity index is 0. The molecule has 4 heteroatoms. The molecule has 0 N–H and O–H groups in total. The molecule has 2 saturated carbocycles. The Morgan fingerprint density at radius 1 is 1.00 bits per heavy atom. The molecule has 0 aliphatic heterocycles. The molecule has 20 heavy (non-hydrogen) atoms. The van der Waals surface area contributed by atoms with Gasteiger partial charge in [-0.15, -0.1) is 0 Å². The Morgan fingerprint density at radius 3 is 1.60 bits per heavy atom. The third-order valence-corrected chi connectivity index (χ3v) is 1.96. The van der Waals surface area contributed by atoms with Crippen LogP contribution in [0, 0.1) is 69.1 Å². The first-order valence-corrected chi connectivity index (χ1v) is 16.7. The molecule has 0 atom stereocenters. The third-order valence-electron chi connectivity index (χ3n) is 1.96. The van der Waals surface area contributed by atoms with E-state index >= 15 is 0 Å². The SMILES string of the molecule is CC(C)(C)[C]1[CH][C-][CH][CH]1.[C-]1[CH][CH][CH][CH]1.[CH3][Ge][CH3].[Cl][Zr+2][Cl]. The second kappa shape index (κ2) is 17.4. The van der Waals surface area contributed by atoms with Gasteiger partial charge in [0, 0.05) is 0 Å². The molecule has 108 valence electrons. The standard InChI is InChI=1S/C9H12.C5H4.C2H6Ge.2ClH.Zr/c1-9(2,3)8-6-4-5-7-8;1-2-4-5-3-1;1-3-2;;;/h4,6-7H,1-3H3;1-4H;1-2H3;2*1H;/q2*-1;;;;+4/p-2. The molecule has 0 aromatic carbocycles. The second-order valence-corrected chi connectivity index (χ2v) is 10.6. The van der Waals surface area contributed by atoms with E-state index in [0.717, 1.165) is 0 Å². The van der Waals surface area contributed by atoms with Crippen LogP contribution in [0.3, 0.4) is 0 Å². The first-order chi connectivity index (χ1) is 9.43. The fraction of sp³-hybridized carbons (Fsp3) is 0.375. The summed E-state index contributed by atoms with van der Waals surface area (Å²) in [5.41, 5.74) is 0.292. The zero-order valence-electron chi connectivity index (χ0n) is 12.8. The molecule has 0 spiro atoms. The molecular formula is C16H22Cl2GeZr. The van der Waals surface area contributed by atoms with Crippen LogP contribution >= 0.6 is 17.0 Å². The summed E-state index contributed by atoms with van der Waals surface area (Å²) in [7, 11) is 9.87. The van der Waals surface area contributed by atoms with Crippen LogP contribution in [0.5, 0.6) is 0 Å². The fourth-order valence-corrected chi connectivity index (χ4v) is 1.07. The zero-order valence-corrected chi connectivity index (χ0v) is 18.9. The van der Waals surface area contributed by atoms with Crippen molar-refractivity contribution in [3.05, 3.63) is 63.7 Å². The Hall–Kier alpha value is 2.01. The summed E-state index contributed by atoms with van der Waals surface area (Å²) < 4.78 is 0. The molecule has 0 nitrogen and oxygen atoms in total. The summed E-state index contributed by atoms with van der Waals surface area (Å²) in [5.74, 6) is 5.86. The summed E-state index contributed by atoms with van der Waals surface area (Å²) in [6.45, 7) is 6.61. The Labute approximate surface area is 153 Å². The molecule has 2 aliphatic carbocycles. The van der Waals surface area contributed by atoms with Crippen molar-refractivity contribution in [1.82, 2.24) is 0 Å². The van der Waals surface area contributed by atoms with Crippen molar-refractivity contribution in [2.75, 3.05) is 0 Å². The van der Waals surface area contributed by atoms with E-state index < -0.39 is 20.8 Å². The van der Waals surface area contributed by atoms with Gasteiger partial charge in [0.2, 0.25) is 0 Å². The fourth-order valence-electron chi connectivity index (χ4n) is 1.07. The van der Waals surface area contributed by atoms with Crippen molar-refractivity contribution in [3.8, 4) is 0 Å². The molecule has 2 rings (SSSR count). The molecule has 0 unspecified atom stereocenters. The van der Waals surface area contributed by atoms with Gasteiger partial charge in [-0.3, -0.25) is 0 Å². The first kappa shape index (κ1) is 24.3. The maximum atomic E-state index is 4.93. The maximum absolute atomic E-state index is 4.93. The van der Waals surface area contributed by atoms with Crippen molar-refractivity contribution in [1.29, 1.82) is 0 Å². The zero-order chi connectivity index (χ0) is 15.9. The van der Waals surface area contributed by atoms with E-state index in [4.69, 9.17) is 17.0 Å². The predicted octanol–water partition coefficient (Wildman–Crippen LogP) is 5.38. The summed E-state index contributed by atoms with van der Waals surface area (Å²) in [6.07, 6.45) is 19.6. The average Bonchev–Trinajstić information content (AvgIpc) is 3.08. The molecule has 2 aliphatic rings. The van der Waals surface area contributed by atoms with E-state index in [-0.39, 0.29) is 0 Å². The van der Waals surface area contributed by atoms with E-state index in [1.54, 1.807) is 0 Å². The predicted molar refractivity (Wildman–Crippen MR) is 88.5 cm³/mol. The molecule has 0 bridgehead atoms. The molecule has 0 amide bonds. The Bertz CT molecular complexity index is 164. The van der Waals surface area contributed by atoms with Crippen molar-refractivity contribution in [2.45, 2.75) is 32.3 Å². The third kappa shape index (κ3) is 18.1. The molecule has 0 aromatic rings. The van der Waals surface area contributed by atoms with E-state index in [0.29, 0.717) is 20.8 Å². The topological polar surface area (TPSA) is 0 Å². The van der Waals surface area contributed by atoms with Crippen molar-refractivity contribution in [2.24, 2.45) is 5.41 Å². The van der Waals surface area contributed by atoms with Crippen LogP contribution in [0.2, 0.25) is 11.5 Å². The molecule has 0 aromatic heterocycles. The van der Waals surface area contributed by atoms with Crippen LogP contribution in [0.4, 0.5) is 0 Å². The van der Waals surface area contributed by atoms with E-state index in [1.165, 1.54) is 5.92 Å². The van der Waals surface area contributed by atoms with Gasteiger partial charge in [-0.2, -0.15) is 0 Å². The molecule has 0 saturated heterocycles. The Morgan fingerprint density at radius 2 is 1.45 bits per heavy atom. The van der Waals surface area contributed by atoms with Gasteiger partial charge >= 0.3 is 64.8 Å². The quantitative estimate of drug-likeness (QED) is 0.345. The number of halogens is 2. The molecule has 0 heterocycles. The summed E-state index contributed by atoms with van der Waals surface area (Å²) in [5, 5.41) is 0. The van der Waals surface area contributed by atoms with Crippen LogP contribution in [-0.2, 0) is 20.8 Å². The Kier molecular flexibility index (Phi) is 21.1. The first-order valence-electron chi connectivity index (χ1n) is 6.19. The monoisotopic (exact) mass is 448 g/mol. The van der Waals surface area contributed by atoms with Gasteiger partial charge in [0.25, 0.3) is 0 Å². The van der Waals surface area contributed by atoms with Crippen molar-refractivity contribution < 1.29 is 20.8 Å². The number of hydrogen-bond donors (Lipinski definition) is 0. The van der Waals surface area contributed by atoms with Gasteiger partial charge in [0.15, 0.2) is 0 Å². The van der Waals surface area contributed by atoms with E-state index in [9.17, 15) is 0 Å². The summed E-state index contributed by atoms with van der Waals surface area (Å²) >= 11 is -0.326. The van der Waals surface area contributed by atoms with Crippen LogP contribution in [0.15, 0.2) is 0 Å². The van der Waals surface area contributed by atoms with Gasteiger partial charge in [-0.1, -0.05) is 40.0 Å².